The minimum absolute atomic E-state index is 0.0530. The Balaban J connectivity index is 2.39. The lowest BCUT2D eigenvalue weighted by Gasteiger charge is -2.09. The summed E-state index contributed by atoms with van der Waals surface area (Å²) >= 11 is 7.04. The predicted molar refractivity (Wildman–Crippen MR) is 65.6 cm³/mol. The number of carbonyl (C=O) groups excluding carboxylic acids is 1. The van der Waals surface area contributed by atoms with E-state index in [1.165, 1.54) is 11.3 Å². The first-order chi connectivity index (χ1) is 7.13. The molecule has 1 aromatic heterocycles. The number of hydrogen-bond acceptors (Lipinski definition) is 2. The summed E-state index contributed by atoms with van der Waals surface area (Å²) in [5, 5.41) is 2.86. The average molecular weight is 244 g/mol. The van der Waals surface area contributed by atoms with Crippen LogP contribution in [0.2, 0.25) is 4.34 Å². The number of amides is 1. The fourth-order valence-electron chi connectivity index (χ4n) is 1.16. The zero-order chi connectivity index (χ0) is 11.3. The second kappa shape index (κ2) is 5.93. The van der Waals surface area contributed by atoms with Crippen LogP contribution in [0.3, 0.4) is 0 Å². The first kappa shape index (κ1) is 12.3. The van der Waals surface area contributed by atoms with Crippen LogP contribution in [0.4, 0.5) is 0 Å². The van der Waals surface area contributed by atoms with E-state index in [1.807, 2.05) is 6.08 Å². The van der Waals surface area contributed by atoms with Crippen LogP contribution in [-0.4, -0.2) is 12.5 Å². The first-order valence-corrected chi connectivity index (χ1v) is 5.97. The number of thiophene rings is 1. The smallest absolute Gasteiger partial charge is 0.261 e. The molecule has 2 nitrogen and oxygen atoms in total. The molecule has 0 aliphatic rings. The first-order valence-electron chi connectivity index (χ1n) is 4.78. The molecule has 1 atom stereocenters. The van der Waals surface area contributed by atoms with Gasteiger partial charge in [0.1, 0.15) is 0 Å². The summed E-state index contributed by atoms with van der Waals surface area (Å²) in [4.78, 5) is 12.2. The van der Waals surface area contributed by atoms with Crippen LogP contribution in [0.1, 0.15) is 23.0 Å². The highest BCUT2D eigenvalue weighted by molar-refractivity contribution is 7.17. The van der Waals surface area contributed by atoms with Crippen LogP contribution in [0.5, 0.6) is 0 Å². The van der Waals surface area contributed by atoms with Crippen molar-refractivity contribution >= 4 is 28.8 Å². The van der Waals surface area contributed by atoms with Crippen LogP contribution in [0, 0.1) is 5.92 Å². The van der Waals surface area contributed by atoms with Crippen molar-refractivity contribution in [2.24, 2.45) is 5.92 Å². The molecule has 0 spiro atoms. The van der Waals surface area contributed by atoms with Crippen LogP contribution in [0.15, 0.2) is 24.8 Å². The van der Waals surface area contributed by atoms with Crippen LogP contribution >= 0.6 is 22.9 Å². The molecule has 1 aromatic rings. The topological polar surface area (TPSA) is 29.1 Å². The molecule has 0 radical (unpaired) electrons. The van der Waals surface area contributed by atoms with Gasteiger partial charge in [0.05, 0.1) is 9.21 Å². The van der Waals surface area contributed by atoms with Gasteiger partial charge in [-0.15, -0.1) is 17.9 Å². The van der Waals surface area contributed by atoms with Crippen molar-refractivity contribution in [2.45, 2.75) is 13.3 Å². The molecule has 1 rings (SSSR count). The molecule has 1 amide bonds. The van der Waals surface area contributed by atoms with Crippen molar-refractivity contribution in [3.05, 3.63) is 34.0 Å². The molecule has 0 saturated carbocycles. The molecule has 0 aromatic carbocycles. The maximum Gasteiger partial charge on any atom is 0.261 e. The molecule has 0 aliphatic carbocycles. The van der Waals surface area contributed by atoms with Gasteiger partial charge in [0.15, 0.2) is 0 Å². The van der Waals surface area contributed by atoms with Gasteiger partial charge in [-0.1, -0.05) is 24.6 Å². The normalized spacial score (nSPS) is 12.1. The van der Waals surface area contributed by atoms with Crippen molar-refractivity contribution in [1.29, 1.82) is 0 Å². The van der Waals surface area contributed by atoms with Crippen LogP contribution < -0.4 is 5.32 Å². The quantitative estimate of drug-likeness (QED) is 0.790. The maximum atomic E-state index is 11.6. The van der Waals surface area contributed by atoms with E-state index in [2.05, 4.69) is 18.8 Å². The molecule has 1 unspecified atom stereocenters. The SMILES string of the molecule is C=CCC(C)CNC(=O)c1ccc(Cl)s1. The Morgan fingerprint density at radius 2 is 2.47 bits per heavy atom. The average Bonchev–Trinajstić information content (AvgIpc) is 2.62. The zero-order valence-corrected chi connectivity index (χ0v) is 10.2. The fourth-order valence-corrected chi connectivity index (χ4v) is 2.12. The lowest BCUT2D eigenvalue weighted by atomic mass is 10.1. The Morgan fingerprint density at radius 1 is 1.73 bits per heavy atom. The largest absolute Gasteiger partial charge is 0.351 e. The lowest BCUT2D eigenvalue weighted by molar-refractivity contribution is 0.0952. The summed E-state index contributed by atoms with van der Waals surface area (Å²) in [5.74, 6) is 0.365. The summed E-state index contributed by atoms with van der Waals surface area (Å²) in [5.41, 5.74) is 0. The minimum Gasteiger partial charge on any atom is -0.351 e. The number of rotatable bonds is 5. The number of carbonyl (C=O) groups is 1. The van der Waals surface area contributed by atoms with E-state index in [-0.39, 0.29) is 5.91 Å². The third-order valence-electron chi connectivity index (χ3n) is 1.98. The molecule has 0 aliphatic heterocycles. The standard InChI is InChI=1S/C11H14ClNOS/c1-3-4-8(2)7-13-11(14)9-5-6-10(12)15-9/h3,5-6,8H,1,4,7H2,2H3,(H,13,14). The van der Waals surface area contributed by atoms with Gasteiger partial charge < -0.3 is 5.32 Å². The van der Waals surface area contributed by atoms with E-state index in [4.69, 9.17) is 11.6 Å². The number of hydrogen-bond donors (Lipinski definition) is 1. The van der Waals surface area contributed by atoms with Crippen molar-refractivity contribution < 1.29 is 4.79 Å². The van der Waals surface area contributed by atoms with Gasteiger partial charge in [0.25, 0.3) is 5.91 Å². The van der Waals surface area contributed by atoms with E-state index in [0.717, 1.165) is 6.42 Å². The molecule has 0 bridgehead atoms. The molecule has 82 valence electrons. The van der Waals surface area contributed by atoms with Crippen LogP contribution in [0.25, 0.3) is 0 Å². The number of nitrogens with one attached hydrogen (secondary N) is 1. The molecule has 1 N–H and O–H groups in total. The summed E-state index contributed by atoms with van der Waals surface area (Å²) in [6.07, 6.45) is 2.77. The maximum absolute atomic E-state index is 11.6. The molecule has 4 heteroatoms. The van der Waals surface area contributed by atoms with Gasteiger partial charge in [-0.3, -0.25) is 4.79 Å². The Kier molecular flexibility index (Phi) is 4.85. The van der Waals surface area contributed by atoms with Crippen molar-refractivity contribution in [2.75, 3.05) is 6.54 Å². The van der Waals surface area contributed by atoms with Crippen LogP contribution in [-0.2, 0) is 0 Å². The third-order valence-corrected chi connectivity index (χ3v) is 3.21. The van der Waals surface area contributed by atoms with Gasteiger partial charge in [0, 0.05) is 6.54 Å². The van der Waals surface area contributed by atoms with E-state index < -0.39 is 0 Å². The summed E-state index contributed by atoms with van der Waals surface area (Å²) in [7, 11) is 0. The Labute approximate surface area is 99.0 Å². The van der Waals surface area contributed by atoms with E-state index >= 15 is 0 Å². The Bertz CT molecular complexity index is 348. The molecule has 1 heterocycles. The van der Waals surface area contributed by atoms with Gasteiger partial charge in [-0.2, -0.15) is 0 Å². The van der Waals surface area contributed by atoms with E-state index in [1.54, 1.807) is 12.1 Å². The highest BCUT2D eigenvalue weighted by Crippen LogP contribution is 2.21. The highest BCUT2D eigenvalue weighted by atomic mass is 35.5. The predicted octanol–water partition coefficient (Wildman–Crippen LogP) is 3.34. The van der Waals surface area contributed by atoms with Gasteiger partial charge in [-0.05, 0) is 24.5 Å². The summed E-state index contributed by atoms with van der Waals surface area (Å²) in [6.45, 7) is 6.40. The fraction of sp³-hybridized carbons (Fsp3) is 0.364. The third kappa shape index (κ3) is 4.06. The number of allylic oxidation sites excluding steroid dienone is 1. The summed E-state index contributed by atoms with van der Waals surface area (Å²) in [6, 6.07) is 3.47. The zero-order valence-electron chi connectivity index (χ0n) is 8.63. The molecular formula is C11H14ClNOS. The van der Waals surface area contributed by atoms with Crippen molar-refractivity contribution in [1.82, 2.24) is 5.32 Å². The van der Waals surface area contributed by atoms with E-state index in [0.29, 0.717) is 21.7 Å². The Morgan fingerprint density at radius 3 is 3.00 bits per heavy atom. The Hall–Kier alpha value is -0.800. The molecular weight excluding hydrogens is 230 g/mol. The lowest BCUT2D eigenvalue weighted by Crippen LogP contribution is -2.27. The second-order valence-corrected chi connectivity index (χ2v) is 5.16. The molecule has 0 saturated heterocycles. The monoisotopic (exact) mass is 243 g/mol. The molecule has 0 fully saturated rings. The second-order valence-electron chi connectivity index (χ2n) is 3.44. The van der Waals surface area contributed by atoms with Crippen molar-refractivity contribution in [3.63, 3.8) is 0 Å². The molecule has 15 heavy (non-hydrogen) atoms. The number of halogens is 1. The highest BCUT2D eigenvalue weighted by Gasteiger charge is 2.09. The summed E-state index contributed by atoms with van der Waals surface area (Å²) < 4.78 is 0.638. The van der Waals surface area contributed by atoms with Gasteiger partial charge in [0.2, 0.25) is 0 Å². The van der Waals surface area contributed by atoms with E-state index in [9.17, 15) is 4.79 Å². The minimum atomic E-state index is -0.0530. The van der Waals surface area contributed by atoms with Gasteiger partial charge >= 0.3 is 0 Å². The van der Waals surface area contributed by atoms with Crippen molar-refractivity contribution in [3.8, 4) is 0 Å². The van der Waals surface area contributed by atoms with Gasteiger partial charge in [-0.25, -0.2) is 0 Å².